The van der Waals surface area contributed by atoms with Crippen LogP contribution in [0.15, 0.2) is 23.2 Å². The van der Waals surface area contributed by atoms with Gasteiger partial charge in [0.25, 0.3) is 0 Å². The predicted octanol–water partition coefficient (Wildman–Crippen LogP) is 2.02. The van der Waals surface area contributed by atoms with Gasteiger partial charge in [-0.1, -0.05) is 30.7 Å². The maximum absolute atomic E-state index is 11.4. The van der Waals surface area contributed by atoms with Crippen LogP contribution in [-0.4, -0.2) is 39.5 Å². The standard InChI is InChI=1S/C15H25N3O2S.HI/c1-5-21(19,20)9-8-17-15(16-4)18-11-14-7-6-12(2)10-13(14)3;/h6-7,10H,5,8-9,11H2,1-4H3,(H2,16,17,18);1H. The highest BCUT2D eigenvalue weighted by atomic mass is 127. The van der Waals surface area contributed by atoms with E-state index in [1.165, 1.54) is 16.7 Å². The molecule has 1 rings (SSSR count). The second kappa shape index (κ2) is 10.0. The average Bonchev–Trinajstić information content (AvgIpc) is 2.44. The molecule has 0 radical (unpaired) electrons. The molecule has 0 fully saturated rings. The van der Waals surface area contributed by atoms with Crippen molar-refractivity contribution in [2.75, 3.05) is 25.1 Å². The van der Waals surface area contributed by atoms with Gasteiger partial charge in [0.15, 0.2) is 15.8 Å². The van der Waals surface area contributed by atoms with E-state index in [4.69, 9.17) is 0 Å². The summed E-state index contributed by atoms with van der Waals surface area (Å²) >= 11 is 0. The molecule has 0 aromatic heterocycles. The Labute approximate surface area is 150 Å². The first kappa shape index (κ1) is 21.2. The van der Waals surface area contributed by atoms with E-state index >= 15 is 0 Å². The van der Waals surface area contributed by atoms with Gasteiger partial charge in [0.05, 0.1) is 5.75 Å². The van der Waals surface area contributed by atoms with Crippen molar-refractivity contribution in [1.29, 1.82) is 0 Å². The summed E-state index contributed by atoms with van der Waals surface area (Å²) in [6.07, 6.45) is 0. The van der Waals surface area contributed by atoms with Crippen molar-refractivity contribution >= 4 is 39.8 Å². The summed E-state index contributed by atoms with van der Waals surface area (Å²) in [4.78, 5) is 4.10. The smallest absolute Gasteiger partial charge is 0.191 e. The average molecular weight is 439 g/mol. The number of benzene rings is 1. The van der Waals surface area contributed by atoms with E-state index in [1.807, 2.05) is 0 Å². The van der Waals surface area contributed by atoms with Crippen molar-refractivity contribution in [2.45, 2.75) is 27.3 Å². The lowest BCUT2D eigenvalue weighted by molar-refractivity contribution is 0.595. The summed E-state index contributed by atoms with van der Waals surface area (Å²) in [6, 6.07) is 6.31. The Morgan fingerprint density at radius 2 is 1.91 bits per heavy atom. The molecule has 0 spiro atoms. The van der Waals surface area contributed by atoms with E-state index in [9.17, 15) is 8.42 Å². The largest absolute Gasteiger partial charge is 0.355 e. The van der Waals surface area contributed by atoms with Gasteiger partial charge in [-0.05, 0) is 25.0 Å². The number of nitrogens with zero attached hydrogens (tertiary/aromatic N) is 1. The molecule has 0 aliphatic rings. The fourth-order valence-corrected chi connectivity index (χ4v) is 2.61. The van der Waals surface area contributed by atoms with Crippen molar-refractivity contribution in [3.63, 3.8) is 0 Å². The van der Waals surface area contributed by atoms with E-state index in [-0.39, 0.29) is 35.5 Å². The van der Waals surface area contributed by atoms with Crippen molar-refractivity contribution in [2.24, 2.45) is 4.99 Å². The number of aliphatic imine (C=N–C) groups is 1. The Hall–Kier alpha value is -0.830. The first-order valence-electron chi connectivity index (χ1n) is 7.09. The number of sulfone groups is 1. The molecule has 7 heteroatoms. The van der Waals surface area contributed by atoms with Gasteiger partial charge in [0.1, 0.15) is 0 Å². The van der Waals surface area contributed by atoms with Crippen LogP contribution in [0.2, 0.25) is 0 Å². The van der Waals surface area contributed by atoms with Gasteiger partial charge >= 0.3 is 0 Å². The molecule has 0 aliphatic carbocycles. The fraction of sp³-hybridized carbons (Fsp3) is 0.533. The summed E-state index contributed by atoms with van der Waals surface area (Å²) in [5, 5.41) is 6.21. The highest BCUT2D eigenvalue weighted by Gasteiger charge is 2.07. The predicted molar refractivity (Wildman–Crippen MR) is 104 cm³/mol. The molecule has 5 nitrogen and oxygen atoms in total. The van der Waals surface area contributed by atoms with Gasteiger partial charge in [-0.3, -0.25) is 4.99 Å². The minimum absolute atomic E-state index is 0. The molecule has 0 atom stereocenters. The van der Waals surface area contributed by atoms with E-state index in [1.54, 1.807) is 14.0 Å². The third-order valence-corrected chi connectivity index (χ3v) is 5.02. The maximum atomic E-state index is 11.4. The van der Waals surface area contributed by atoms with Crippen LogP contribution in [-0.2, 0) is 16.4 Å². The highest BCUT2D eigenvalue weighted by molar-refractivity contribution is 14.0. The molecule has 126 valence electrons. The van der Waals surface area contributed by atoms with Crippen LogP contribution in [0.3, 0.4) is 0 Å². The van der Waals surface area contributed by atoms with Crippen molar-refractivity contribution in [3.8, 4) is 0 Å². The first-order chi connectivity index (χ1) is 9.88. The van der Waals surface area contributed by atoms with Gasteiger partial charge in [-0.25, -0.2) is 8.42 Å². The Balaban J connectivity index is 0.00000441. The summed E-state index contributed by atoms with van der Waals surface area (Å²) < 4.78 is 22.8. The van der Waals surface area contributed by atoms with E-state index < -0.39 is 9.84 Å². The molecular weight excluding hydrogens is 413 g/mol. The van der Waals surface area contributed by atoms with E-state index in [0.717, 1.165) is 0 Å². The van der Waals surface area contributed by atoms with Crippen LogP contribution >= 0.6 is 24.0 Å². The minimum atomic E-state index is -2.95. The van der Waals surface area contributed by atoms with Crippen LogP contribution < -0.4 is 10.6 Å². The van der Waals surface area contributed by atoms with Crippen LogP contribution in [0.25, 0.3) is 0 Å². The quantitative estimate of drug-likeness (QED) is 0.404. The number of hydrogen-bond donors (Lipinski definition) is 2. The van der Waals surface area contributed by atoms with Gasteiger partial charge < -0.3 is 10.6 Å². The zero-order valence-corrected chi connectivity index (χ0v) is 16.8. The molecule has 2 N–H and O–H groups in total. The number of nitrogens with one attached hydrogen (secondary N) is 2. The summed E-state index contributed by atoms with van der Waals surface area (Å²) in [7, 11) is -1.27. The fourth-order valence-electron chi connectivity index (χ4n) is 1.91. The van der Waals surface area contributed by atoms with Crippen molar-refractivity contribution in [3.05, 3.63) is 34.9 Å². The molecule has 0 amide bonds. The van der Waals surface area contributed by atoms with Gasteiger partial charge in [-0.15, -0.1) is 24.0 Å². The highest BCUT2D eigenvalue weighted by Crippen LogP contribution is 2.09. The lowest BCUT2D eigenvalue weighted by Crippen LogP contribution is -2.39. The number of halogens is 1. The first-order valence-corrected chi connectivity index (χ1v) is 8.91. The van der Waals surface area contributed by atoms with Crippen LogP contribution in [0.5, 0.6) is 0 Å². The number of hydrogen-bond acceptors (Lipinski definition) is 3. The van der Waals surface area contributed by atoms with Crippen LogP contribution in [0.1, 0.15) is 23.6 Å². The lowest BCUT2D eigenvalue weighted by Gasteiger charge is -2.13. The molecule has 0 saturated heterocycles. The monoisotopic (exact) mass is 439 g/mol. The SMILES string of the molecule is CCS(=O)(=O)CCNC(=NC)NCc1ccc(C)cc1C.I. The summed E-state index contributed by atoms with van der Waals surface area (Å²) in [5.74, 6) is 0.901. The lowest BCUT2D eigenvalue weighted by atomic mass is 10.1. The topological polar surface area (TPSA) is 70.6 Å². The van der Waals surface area contributed by atoms with Crippen molar-refractivity contribution < 1.29 is 8.42 Å². The third kappa shape index (κ3) is 7.44. The second-order valence-electron chi connectivity index (χ2n) is 5.02. The zero-order valence-electron chi connectivity index (χ0n) is 13.6. The zero-order chi connectivity index (χ0) is 15.9. The third-order valence-electron chi connectivity index (χ3n) is 3.31. The van der Waals surface area contributed by atoms with Gasteiger partial charge in [0, 0.05) is 25.9 Å². The summed E-state index contributed by atoms with van der Waals surface area (Å²) in [5.41, 5.74) is 3.67. The molecule has 1 aromatic carbocycles. The molecule has 0 saturated carbocycles. The molecule has 0 unspecified atom stereocenters. The van der Waals surface area contributed by atoms with Crippen LogP contribution in [0, 0.1) is 13.8 Å². The normalized spacial score (nSPS) is 11.7. The molecule has 0 heterocycles. The van der Waals surface area contributed by atoms with Crippen molar-refractivity contribution in [1.82, 2.24) is 10.6 Å². The molecule has 22 heavy (non-hydrogen) atoms. The van der Waals surface area contributed by atoms with Gasteiger partial charge in [0.2, 0.25) is 0 Å². The summed E-state index contributed by atoms with van der Waals surface area (Å²) in [6.45, 7) is 6.82. The van der Waals surface area contributed by atoms with Crippen LogP contribution in [0.4, 0.5) is 0 Å². The Morgan fingerprint density at radius 3 is 2.45 bits per heavy atom. The molecule has 1 aromatic rings. The Kier molecular flexibility index (Phi) is 9.66. The molecular formula is C15H26IN3O2S. The Bertz CT molecular complexity index is 601. The number of guanidine groups is 1. The Morgan fingerprint density at radius 1 is 1.23 bits per heavy atom. The molecule has 0 bridgehead atoms. The second-order valence-corrected chi connectivity index (χ2v) is 7.49. The maximum Gasteiger partial charge on any atom is 0.191 e. The minimum Gasteiger partial charge on any atom is -0.355 e. The number of rotatable bonds is 6. The number of aryl methyl sites for hydroxylation is 2. The van der Waals surface area contributed by atoms with Gasteiger partial charge in [-0.2, -0.15) is 0 Å². The van der Waals surface area contributed by atoms with E-state index in [2.05, 4.69) is 47.7 Å². The molecule has 0 aliphatic heterocycles. The van der Waals surface area contributed by atoms with E-state index in [0.29, 0.717) is 19.0 Å².